The largest absolute Gasteiger partial charge is 0.353 e. The fourth-order valence-electron chi connectivity index (χ4n) is 4.17. The fraction of sp³-hybridized carbons (Fsp3) is 0.722. The molecular formula is C18H27N3O. The topological polar surface area (TPSA) is 28.5 Å². The van der Waals surface area contributed by atoms with Crippen LogP contribution in [0.5, 0.6) is 0 Å². The number of likely N-dealkylation sites (tertiary alicyclic amines) is 2. The molecule has 2 saturated heterocycles. The van der Waals surface area contributed by atoms with Gasteiger partial charge in [-0.25, -0.2) is 0 Å². The van der Waals surface area contributed by atoms with Crippen LogP contribution >= 0.6 is 0 Å². The van der Waals surface area contributed by atoms with Gasteiger partial charge in [0.15, 0.2) is 0 Å². The molecule has 4 heteroatoms. The Morgan fingerprint density at radius 1 is 1.18 bits per heavy atom. The minimum Gasteiger partial charge on any atom is -0.353 e. The van der Waals surface area contributed by atoms with Gasteiger partial charge in [-0.05, 0) is 63.2 Å². The lowest BCUT2D eigenvalue weighted by atomic mass is 9.77. The van der Waals surface area contributed by atoms with Crippen LogP contribution in [0.2, 0.25) is 0 Å². The highest BCUT2D eigenvalue weighted by Gasteiger charge is 2.48. The second-order valence-corrected chi connectivity index (χ2v) is 7.61. The lowest BCUT2D eigenvalue weighted by molar-refractivity contribution is -0.138. The van der Waals surface area contributed by atoms with Crippen molar-refractivity contribution in [1.29, 1.82) is 0 Å². The van der Waals surface area contributed by atoms with Crippen molar-refractivity contribution in [3.63, 3.8) is 0 Å². The molecule has 4 nitrogen and oxygen atoms in total. The van der Waals surface area contributed by atoms with E-state index in [1.807, 2.05) is 0 Å². The zero-order valence-corrected chi connectivity index (χ0v) is 13.6. The van der Waals surface area contributed by atoms with Crippen molar-refractivity contribution in [2.75, 3.05) is 26.2 Å². The third-order valence-corrected chi connectivity index (χ3v) is 6.03. The molecule has 0 atom stereocenters. The first kappa shape index (κ1) is 14.3. The summed E-state index contributed by atoms with van der Waals surface area (Å²) >= 11 is 0. The summed E-state index contributed by atoms with van der Waals surface area (Å²) in [4.78, 5) is 17.5. The molecule has 1 amide bonds. The molecule has 1 saturated carbocycles. The van der Waals surface area contributed by atoms with Gasteiger partial charge in [0.2, 0.25) is 5.91 Å². The van der Waals surface area contributed by atoms with Crippen LogP contribution in [0.1, 0.15) is 37.8 Å². The van der Waals surface area contributed by atoms with Crippen LogP contribution in [0, 0.1) is 11.3 Å². The maximum absolute atomic E-state index is 12.8. The lowest BCUT2D eigenvalue weighted by Crippen LogP contribution is -2.44. The molecule has 1 aliphatic carbocycles. The summed E-state index contributed by atoms with van der Waals surface area (Å²) in [6.07, 6.45) is 7.98. The molecule has 0 N–H and O–H groups in total. The van der Waals surface area contributed by atoms with Gasteiger partial charge in [0.1, 0.15) is 0 Å². The standard InChI is InChI=1S/C18H27N3O/c1-19-9-2-3-16(19)14-20-10-6-18(7-11-20)8-12-21(17(18)22)13-15-4-5-15/h2-3,9,15H,4-8,10-14H2,1H3. The molecule has 0 radical (unpaired) electrons. The fourth-order valence-corrected chi connectivity index (χ4v) is 4.17. The van der Waals surface area contributed by atoms with Gasteiger partial charge in [-0.1, -0.05) is 0 Å². The summed E-state index contributed by atoms with van der Waals surface area (Å²) in [5, 5.41) is 0. The predicted octanol–water partition coefficient (Wildman–Crippen LogP) is 2.25. The number of hydrogen-bond donors (Lipinski definition) is 0. The van der Waals surface area contributed by atoms with E-state index in [1.54, 1.807) is 0 Å². The van der Waals surface area contributed by atoms with Crippen molar-refractivity contribution in [2.24, 2.45) is 18.4 Å². The number of hydrogen-bond acceptors (Lipinski definition) is 2. The van der Waals surface area contributed by atoms with Crippen molar-refractivity contribution in [1.82, 2.24) is 14.4 Å². The number of carbonyl (C=O) groups is 1. The Morgan fingerprint density at radius 3 is 2.55 bits per heavy atom. The number of aryl methyl sites for hydroxylation is 1. The van der Waals surface area contributed by atoms with Gasteiger partial charge in [-0.3, -0.25) is 9.69 Å². The van der Waals surface area contributed by atoms with Gasteiger partial charge in [0.05, 0.1) is 5.41 Å². The minimum atomic E-state index is -0.0143. The van der Waals surface area contributed by atoms with Crippen LogP contribution in [-0.2, 0) is 18.4 Å². The molecule has 2 aliphatic heterocycles. The average Bonchev–Trinajstić information content (AvgIpc) is 3.19. The summed E-state index contributed by atoms with van der Waals surface area (Å²) in [5.74, 6) is 1.29. The summed E-state index contributed by atoms with van der Waals surface area (Å²) in [6.45, 7) is 5.18. The maximum Gasteiger partial charge on any atom is 0.228 e. The number of carbonyl (C=O) groups excluding carboxylic acids is 1. The average molecular weight is 301 g/mol. The molecule has 3 aliphatic rings. The van der Waals surface area contributed by atoms with Crippen LogP contribution < -0.4 is 0 Å². The number of aromatic nitrogens is 1. The van der Waals surface area contributed by atoms with Crippen molar-refractivity contribution < 1.29 is 4.79 Å². The van der Waals surface area contributed by atoms with E-state index >= 15 is 0 Å². The van der Waals surface area contributed by atoms with E-state index in [4.69, 9.17) is 0 Å². The normalized spacial score (nSPS) is 25.3. The highest BCUT2D eigenvalue weighted by Crippen LogP contribution is 2.43. The summed E-state index contributed by atoms with van der Waals surface area (Å²) in [6, 6.07) is 4.31. The molecule has 0 unspecified atom stereocenters. The smallest absolute Gasteiger partial charge is 0.228 e. The molecule has 3 heterocycles. The van der Waals surface area contributed by atoms with Gasteiger partial charge < -0.3 is 9.47 Å². The molecule has 3 fully saturated rings. The molecule has 1 spiro atoms. The van der Waals surface area contributed by atoms with E-state index in [-0.39, 0.29) is 5.41 Å². The van der Waals surface area contributed by atoms with Gasteiger partial charge in [0.25, 0.3) is 0 Å². The van der Waals surface area contributed by atoms with Crippen molar-refractivity contribution >= 4 is 5.91 Å². The maximum atomic E-state index is 12.8. The Labute approximate surface area is 133 Å². The van der Waals surface area contributed by atoms with Crippen molar-refractivity contribution in [3.8, 4) is 0 Å². The van der Waals surface area contributed by atoms with Crippen LogP contribution in [0.3, 0.4) is 0 Å². The summed E-state index contributed by atoms with van der Waals surface area (Å²) in [5.41, 5.74) is 1.35. The molecule has 0 bridgehead atoms. The van der Waals surface area contributed by atoms with E-state index < -0.39 is 0 Å². The quantitative estimate of drug-likeness (QED) is 0.853. The van der Waals surface area contributed by atoms with Gasteiger partial charge in [-0.2, -0.15) is 0 Å². The zero-order chi connectivity index (χ0) is 15.2. The molecule has 1 aromatic heterocycles. The molecule has 120 valence electrons. The molecular weight excluding hydrogens is 274 g/mol. The van der Waals surface area contributed by atoms with Gasteiger partial charge in [0, 0.05) is 38.6 Å². The van der Waals surface area contributed by atoms with Crippen molar-refractivity contribution in [2.45, 2.75) is 38.6 Å². The zero-order valence-electron chi connectivity index (χ0n) is 13.6. The first-order valence-electron chi connectivity index (χ1n) is 8.78. The Kier molecular flexibility index (Phi) is 3.52. The third-order valence-electron chi connectivity index (χ3n) is 6.03. The molecule has 1 aromatic rings. The number of piperidine rings is 1. The number of nitrogens with zero attached hydrogens (tertiary/aromatic N) is 3. The molecule has 4 rings (SSSR count). The Bertz CT molecular complexity index is 552. The van der Waals surface area contributed by atoms with Crippen molar-refractivity contribution in [3.05, 3.63) is 24.0 Å². The number of rotatable bonds is 4. The Morgan fingerprint density at radius 2 is 1.91 bits per heavy atom. The molecule has 22 heavy (non-hydrogen) atoms. The number of amides is 1. The Balaban J connectivity index is 1.35. The third kappa shape index (κ3) is 2.58. The second kappa shape index (κ2) is 5.41. The van der Waals surface area contributed by atoms with Gasteiger partial charge in [-0.15, -0.1) is 0 Å². The van der Waals surface area contributed by atoms with Crippen LogP contribution in [0.4, 0.5) is 0 Å². The van der Waals surface area contributed by atoms with Crippen LogP contribution in [-0.4, -0.2) is 46.5 Å². The predicted molar refractivity (Wildman–Crippen MR) is 86.3 cm³/mol. The second-order valence-electron chi connectivity index (χ2n) is 7.61. The highest BCUT2D eigenvalue weighted by molar-refractivity contribution is 5.85. The Hall–Kier alpha value is -1.29. The molecule has 0 aromatic carbocycles. The van der Waals surface area contributed by atoms with Crippen LogP contribution in [0.25, 0.3) is 0 Å². The van der Waals surface area contributed by atoms with E-state index in [1.165, 1.54) is 18.5 Å². The first-order valence-corrected chi connectivity index (χ1v) is 8.78. The highest BCUT2D eigenvalue weighted by atomic mass is 16.2. The SMILES string of the molecule is Cn1cccc1CN1CCC2(CC1)CCN(CC1CC1)C2=O. The van der Waals surface area contributed by atoms with E-state index in [0.717, 1.165) is 57.9 Å². The summed E-state index contributed by atoms with van der Waals surface area (Å²) < 4.78 is 2.20. The van der Waals surface area contributed by atoms with Crippen LogP contribution in [0.15, 0.2) is 18.3 Å². The van der Waals surface area contributed by atoms with E-state index in [9.17, 15) is 4.79 Å². The van der Waals surface area contributed by atoms with Gasteiger partial charge >= 0.3 is 0 Å². The summed E-state index contributed by atoms with van der Waals surface area (Å²) in [7, 11) is 2.11. The monoisotopic (exact) mass is 301 g/mol. The first-order chi connectivity index (χ1) is 10.7. The lowest BCUT2D eigenvalue weighted by Gasteiger charge is -2.38. The van der Waals surface area contributed by atoms with E-state index in [2.05, 4.69) is 39.7 Å². The van der Waals surface area contributed by atoms with E-state index in [0.29, 0.717) is 5.91 Å². The minimum absolute atomic E-state index is 0.0143.